The number of nitrogens with zero attached hydrogens (tertiary/aromatic N) is 1. The molecule has 102 valence electrons. The Morgan fingerprint density at radius 3 is 2.58 bits per heavy atom. The maximum atomic E-state index is 11.6. The second kappa shape index (κ2) is 8.10. The monoisotopic (exact) mass is 264 g/mol. The van der Waals surface area contributed by atoms with Crippen molar-refractivity contribution in [3.8, 4) is 0 Å². The number of ether oxygens (including phenoxy) is 2. The number of nitrogens with one attached hydrogen (secondary N) is 1. The fourth-order valence-electron chi connectivity index (χ4n) is 1.40. The van der Waals surface area contributed by atoms with Crippen LogP contribution in [-0.2, 0) is 25.7 Å². The number of benzene rings is 1. The summed E-state index contributed by atoms with van der Waals surface area (Å²) in [6, 6.07) is 7.91. The van der Waals surface area contributed by atoms with Gasteiger partial charge in [-0.3, -0.25) is 4.79 Å². The first-order chi connectivity index (χ1) is 9.19. The van der Waals surface area contributed by atoms with Gasteiger partial charge in [0.2, 0.25) is 6.04 Å². The average molecular weight is 264 g/mol. The van der Waals surface area contributed by atoms with Crippen molar-refractivity contribution in [2.75, 3.05) is 13.2 Å². The van der Waals surface area contributed by atoms with E-state index >= 15 is 0 Å². The van der Waals surface area contributed by atoms with Crippen LogP contribution in [0.5, 0.6) is 0 Å². The predicted octanol–water partition coefficient (Wildman–Crippen LogP) is 1.73. The van der Waals surface area contributed by atoms with Gasteiger partial charge in [-0.2, -0.15) is 5.11 Å². The van der Waals surface area contributed by atoms with Crippen LogP contribution in [0.1, 0.15) is 12.5 Å². The van der Waals surface area contributed by atoms with E-state index in [9.17, 15) is 9.59 Å². The summed E-state index contributed by atoms with van der Waals surface area (Å²) in [6.07, 6.45) is 0. The van der Waals surface area contributed by atoms with Crippen LogP contribution < -0.4 is 0 Å². The van der Waals surface area contributed by atoms with Crippen LogP contribution in [-0.4, -0.2) is 31.0 Å². The Hall–Kier alpha value is -2.08. The van der Waals surface area contributed by atoms with Gasteiger partial charge in [0, 0.05) is 0 Å². The van der Waals surface area contributed by atoms with Crippen molar-refractivity contribution < 1.29 is 19.1 Å². The van der Waals surface area contributed by atoms with Crippen LogP contribution in [0.3, 0.4) is 0 Å². The predicted molar refractivity (Wildman–Crippen MR) is 66.7 cm³/mol. The zero-order valence-corrected chi connectivity index (χ0v) is 10.7. The normalized spacial score (nSPS) is 11.6. The van der Waals surface area contributed by atoms with Gasteiger partial charge in [0.25, 0.3) is 0 Å². The molecular weight excluding hydrogens is 248 g/mol. The highest BCUT2D eigenvalue weighted by Gasteiger charge is 2.27. The zero-order valence-electron chi connectivity index (χ0n) is 10.7. The lowest BCUT2D eigenvalue weighted by molar-refractivity contribution is -0.148. The molecule has 0 aliphatic rings. The van der Waals surface area contributed by atoms with Gasteiger partial charge in [-0.1, -0.05) is 30.3 Å². The van der Waals surface area contributed by atoms with Gasteiger partial charge in [-0.25, -0.2) is 10.3 Å². The smallest absolute Gasteiger partial charge is 0.340 e. The highest BCUT2D eigenvalue weighted by molar-refractivity contribution is 6.03. The minimum absolute atomic E-state index is 0.142. The van der Waals surface area contributed by atoms with Gasteiger partial charge >= 0.3 is 5.97 Å². The first-order valence-corrected chi connectivity index (χ1v) is 5.86. The number of ketones is 1. The summed E-state index contributed by atoms with van der Waals surface area (Å²) in [5.74, 6) is -1.39. The second-order valence-corrected chi connectivity index (χ2v) is 3.73. The second-order valence-electron chi connectivity index (χ2n) is 3.73. The number of esters is 1. The molecule has 1 atom stereocenters. The number of Topliss-reactive ketones (excluding diaryl/α,β-unsaturated/α-hetero) is 1. The highest BCUT2D eigenvalue weighted by atomic mass is 16.5. The van der Waals surface area contributed by atoms with E-state index in [-0.39, 0.29) is 19.8 Å². The molecule has 0 aliphatic heterocycles. The first kappa shape index (κ1) is 15.0. The Morgan fingerprint density at radius 2 is 2.00 bits per heavy atom. The molecule has 6 heteroatoms. The van der Waals surface area contributed by atoms with Crippen LogP contribution in [0.25, 0.3) is 0 Å². The molecule has 0 aromatic heterocycles. The highest BCUT2D eigenvalue weighted by Crippen LogP contribution is 2.03. The molecule has 1 rings (SSSR count). The fraction of sp³-hybridized carbons (Fsp3) is 0.385. The summed E-state index contributed by atoms with van der Waals surface area (Å²) in [6.45, 7) is 1.75. The van der Waals surface area contributed by atoms with Gasteiger partial charge in [0.05, 0.1) is 13.2 Å². The molecule has 0 spiro atoms. The molecule has 1 N–H and O–H groups in total. The molecule has 0 radical (unpaired) electrons. The van der Waals surface area contributed by atoms with E-state index in [0.717, 1.165) is 5.56 Å². The molecule has 19 heavy (non-hydrogen) atoms. The van der Waals surface area contributed by atoms with Crippen LogP contribution in [0.4, 0.5) is 0 Å². The Kier molecular flexibility index (Phi) is 6.38. The van der Waals surface area contributed by atoms with Gasteiger partial charge in [0.15, 0.2) is 5.78 Å². The number of hydrogen-bond acceptors (Lipinski definition) is 6. The number of rotatable bonds is 8. The SMILES string of the molecule is CCOC(=O)C(N=N)C(=O)COCc1ccccc1. The van der Waals surface area contributed by atoms with E-state index in [4.69, 9.17) is 10.3 Å². The van der Waals surface area contributed by atoms with Crippen LogP contribution in [0.2, 0.25) is 0 Å². The lowest BCUT2D eigenvalue weighted by Gasteiger charge is -2.09. The summed E-state index contributed by atoms with van der Waals surface area (Å²) < 4.78 is 9.84. The van der Waals surface area contributed by atoms with E-state index in [1.165, 1.54) is 0 Å². The van der Waals surface area contributed by atoms with Crippen molar-refractivity contribution in [2.45, 2.75) is 19.6 Å². The van der Waals surface area contributed by atoms with Crippen molar-refractivity contribution in [1.29, 1.82) is 5.53 Å². The Bertz CT molecular complexity index is 434. The molecule has 6 nitrogen and oxygen atoms in total. The van der Waals surface area contributed by atoms with Crippen LogP contribution in [0.15, 0.2) is 35.4 Å². The van der Waals surface area contributed by atoms with E-state index < -0.39 is 17.8 Å². The molecule has 1 aromatic rings. The van der Waals surface area contributed by atoms with Crippen molar-refractivity contribution in [1.82, 2.24) is 0 Å². The van der Waals surface area contributed by atoms with Gasteiger partial charge in [-0.15, -0.1) is 0 Å². The first-order valence-electron chi connectivity index (χ1n) is 5.86. The zero-order chi connectivity index (χ0) is 14.1. The number of carbonyl (C=O) groups excluding carboxylic acids is 2. The van der Waals surface area contributed by atoms with Crippen LogP contribution in [0, 0.1) is 5.53 Å². The molecule has 0 heterocycles. The maximum absolute atomic E-state index is 11.6. The molecule has 0 aliphatic carbocycles. The lowest BCUT2D eigenvalue weighted by atomic mass is 10.2. The molecule has 1 unspecified atom stereocenters. The Balaban J connectivity index is 2.41. The number of hydrogen-bond donors (Lipinski definition) is 1. The van der Waals surface area contributed by atoms with Gasteiger partial charge in [0.1, 0.15) is 6.61 Å². The van der Waals surface area contributed by atoms with Crippen molar-refractivity contribution >= 4 is 11.8 Å². The Morgan fingerprint density at radius 1 is 1.32 bits per heavy atom. The van der Waals surface area contributed by atoms with E-state index in [1.807, 2.05) is 30.3 Å². The van der Waals surface area contributed by atoms with E-state index in [0.29, 0.717) is 0 Å². The molecule has 0 amide bonds. The fourth-order valence-corrected chi connectivity index (χ4v) is 1.40. The third kappa shape index (κ3) is 4.97. The van der Waals surface area contributed by atoms with Crippen molar-refractivity contribution in [3.63, 3.8) is 0 Å². The molecular formula is C13H16N2O4. The lowest BCUT2D eigenvalue weighted by Crippen LogP contribution is -2.32. The topological polar surface area (TPSA) is 88.8 Å². The molecule has 0 bridgehead atoms. The van der Waals surface area contributed by atoms with Gasteiger partial charge < -0.3 is 9.47 Å². The quantitative estimate of drug-likeness (QED) is 0.440. The third-order valence-electron chi connectivity index (χ3n) is 2.30. The summed E-state index contributed by atoms with van der Waals surface area (Å²) >= 11 is 0. The minimum Gasteiger partial charge on any atom is -0.464 e. The summed E-state index contributed by atoms with van der Waals surface area (Å²) in [4.78, 5) is 23.0. The average Bonchev–Trinajstić information content (AvgIpc) is 2.41. The van der Waals surface area contributed by atoms with E-state index in [2.05, 4.69) is 9.85 Å². The van der Waals surface area contributed by atoms with Crippen molar-refractivity contribution in [2.24, 2.45) is 5.11 Å². The summed E-state index contributed by atoms with van der Waals surface area (Å²) in [5, 5.41) is 2.98. The van der Waals surface area contributed by atoms with Gasteiger partial charge in [-0.05, 0) is 12.5 Å². The van der Waals surface area contributed by atoms with Crippen molar-refractivity contribution in [3.05, 3.63) is 35.9 Å². The molecule has 0 saturated heterocycles. The third-order valence-corrected chi connectivity index (χ3v) is 2.30. The van der Waals surface area contributed by atoms with Crippen LogP contribution >= 0.6 is 0 Å². The summed E-state index contributed by atoms with van der Waals surface area (Å²) in [7, 11) is 0. The summed E-state index contributed by atoms with van der Waals surface area (Å²) in [5.41, 5.74) is 7.77. The Labute approximate surface area is 111 Å². The van der Waals surface area contributed by atoms with E-state index in [1.54, 1.807) is 6.92 Å². The largest absolute Gasteiger partial charge is 0.464 e. The molecule has 0 saturated carbocycles. The molecule has 1 aromatic carbocycles. The standard InChI is InChI=1S/C13H16N2O4/c1-2-19-13(17)12(15-14)11(16)9-18-8-10-6-4-3-5-7-10/h3-7,12,14H,2,8-9H2,1H3. The maximum Gasteiger partial charge on any atom is 0.340 e. The number of carbonyl (C=O) groups is 2. The molecule has 0 fully saturated rings. The minimum atomic E-state index is -1.42.